The molecule has 1 aliphatic heterocycles. The smallest absolute Gasteiger partial charge is 0.257 e. The van der Waals surface area contributed by atoms with E-state index < -0.39 is 0 Å². The fraction of sp³-hybridized carbons (Fsp3) is 0.476. The first-order chi connectivity index (χ1) is 13.3. The molecule has 1 aromatic carbocycles. The van der Waals surface area contributed by atoms with Crippen molar-refractivity contribution < 1.29 is 13.9 Å². The first-order valence-electron chi connectivity index (χ1n) is 9.55. The molecule has 3 rings (SSSR count). The van der Waals surface area contributed by atoms with Crippen LogP contribution in [0.4, 0.5) is 4.39 Å². The van der Waals surface area contributed by atoms with E-state index in [1.165, 1.54) is 12.1 Å². The average Bonchev–Trinajstić information content (AvgIpc) is 2.69. The third-order valence-corrected chi connectivity index (χ3v) is 4.72. The lowest BCUT2D eigenvalue weighted by molar-refractivity contribution is 0.0619. The first kappa shape index (κ1) is 20.2. The molecule has 0 bridgehead atoms. The summed E-state index contributed by atoms with van der Waals surface area (Å²) >= 11 is 0. The van der Waals surface area contributed by atoms with E-state index in [1.54, 1.807) is 24.5 Å². The second kappa shape index (κ2) is 8.65. The maximum Gasteiger partial charge on any atom is 0.257 e. The standard InChI is InChI=1S/C21H27FN4O2/c1-21(2,3)20-23-14-16(15-24-20)19(27)26-10-8-25(9-11-26)12-13-28-18-6-4-17(22)5-7-18/h4-7,14-15H,8-13H2,1-3H3. The van der Waals surface area contributed by atoms with Crippen molar-refractivity contribution in [3.63, 3.8) is 0 Å². The molecule has 0 unspecified atom stereocenters. The van der Waals surface area contributed by atoms with Gasteiger partial charge in [-0.15, -0.1) is 0 Å². The Morgan fingerprint density at radius 2 is 1.68 bits per heavy atom. The summed E-state index contributed by atoms with van der Waals surface area (Å²) < 4.78 is 18.5. The molecule has 7 heteroatoms. The van der Waals surface area contributed by atoms with Crippen LogP contribution < -0.4 is 4.74 Å². The van der Waals surface area contributed by atoms with E-state index in [2.05, 4.69) is 14.9 Å². The van der Waals surface area contributed by atoms with Crippen molar-refractivity contribution in [1.29, 1.82) is 0 Å². The Morgan fingerprint density at radius 3 is 2.25 bits per heavy atom. The Bertz CT molecular complexity index is 780. The van der Waals surface area contributed by atoms with Crippen LogP contribution in [0.3, 0.4) is 0 Å². The summed E-state index contributed by atoms with van der Waals surface area (Å²) in [5.41, 5.74) is 0.393. The van der Waals surface area contributed by atoms with Crippen LogP contribution in [0.5, 0.6) is 5.75 Å². The molecule has 1 amide bonds. The molecule has 6 nitrogen and oxygen atoms in total. The third kappa shape index (κ3) is 5.25. The number of piperazine rings is 1. The molecule has 0 radical (unpaired) electrons. The number of benzene rings is 1. The molecular weight excluding hydrogens is 359 g/mol. The molecule has 2 heterocycles. The Labute approximate surface area is 165 Å². The molecule has 150 valence electrons. The number of hydrogen-bond acceptors (Lipinski definition) is 5. The number of nitrogens with zero attached hydrogens (tertiary/aromatic N) is 4. The number of halogens is 1. The third-order valence-electron chi connectivity index (χ3n) is 4.72. The molecule has 0 saturated carbocycles. The number of aromatic nitrogens is 2. The first-order valence-corrected chi connectivity index (χ1v) is 9.55. The Balaban J connectivity index is 1.44. The van der Waals surface area contributed by atoms with E-state index in [0.717, 1.165) is 25.5 Å². The van der Waals surface area contributed by atoms with Crippen LogP contribution in [0.1, 0.15) is 37.0 Å². The largest absolute Gasteiger partial charge is 0.492 e. The summed E-state index contributed by atoms with van der Waals surface area (Å²) in [4.78, 5) is 25.5. The van der Waals surface area contributed by atoms with Crippen molar-refractivity contribution >= 4 is 5.91 Å². The summed E-state index contributed by atoms with van der Waals surface area (Å²) in [6, 6.07) is 6.02. The lowest BCUT2D eigenvalue weighted by Crippen LogP contribution is -2.49. The van der Waals surface area contributed by atoms with E-state index >= 15 is 0 Å². The second-order valence-corrected chi connectivity index (χ2v) is 7.98. The molecule has 1 saturated heterocycles. The van der Waals surface area contributed by atoms with Gasteiger partial charge >= 0.3 is 0 Å². The topological polar surface area (TPSA) is 58.6 Å². The molecule has 0 N–H and O–H groups in total. The minimum Gasteiger partial charge on any atom is -0.492 e. The van der Waals surface area contributed by atoms with Gasteiger partial charge in [0.1, 0.15) is 24.0 Å². The van der Waals surface area contributed by atoms with E-state index in [-0.39, 0.29) is 17.1 Å². The van der Waals surface area contributed by atoms with Crippen molar-refractivity contribution in [2.75, 3.05) is 39.3 Å². The van der Waals surface area contributed by atoms with Gasteiger partial charge < -0.3 is 9.64 Å². The SMILES string of the molecule is CC(C)(C)c1ncc(C(=O)N2CCN(CCOc3ccc(F)cc3)CC2)cn1. The lowest BCUT2D eigenvalue weighted by Gasteiger charge is -2.34. The van der Waals surface area contributed by atoms with Crippen molar-refractivity contribution in [3.8, 4) is 5.75 Å². The van der Waals surface area contributed by atoms with Crippen LogP contribution >= 0.6 is 0 Å². The monoisotopic (exact) mass is 386 g/mol. The second-order valence-electron chi connectivity index (χ2n) is 7.98. The summed E-state index contributed by atoms with van der Waals surface area (Å²) in [5, 5.41) is 0. The van der Waals surface area contributed by atoms with Crippen molar-refractivity contribution in [1.82, 2.24) is 19.8 Å². The lowest BCUT2D eigenvalue weighted by atomic mass is 9.96. The van der Waals surface area contributed by atoms with E-state index in [4.69, 9.17) is 4.74 Å². The molecule has 1 fully saturated rings. The van der Waals surface area contributed by atoms with Crippen LogP contribution in [0, 0.1) is 5.82 Å². The van der Waals surface area contributed by atoms with Gasteiger partial charge in [-0.05, 0) is 24.3 Å². The number of hydrogen-bond donors (Lipinski definition) is 0. The molecule has 28 heavy (non-hydrogen) atoms. The normalized spacial score (nSPS) is 15.5. The van der Waals surface area contributed by atoms with Gasteiger partial charge in [0.2, 0.25) is 0 Å². The number of carbonyl (C=O) groups excluding carboxylic acids is 1. The highest BCUT2D eigenvalue weighted by atomic mass is 19.1. The van der Waals surface area contributed by atoms with Gasteiger partial charge in [-0.25, -0.2) is 14.4 Å². The van der Waals surface area contributed by atoms with E-state index in [9.17, 15) is 9.18 Å². The molecule has 1 aliphatic rings. The average molecular weight is 386 g/mol. The van der Waals surface area contributed by atoms with Gasteiger partial charge in [0.05, 0.1) is 5.56 Å². The molecule has 2 aromatic rings. The summed E-state index contributed by atoms with van der Waals surface area (Å²) in [7, 11) is 0. The Kier molecular flexibility index (Phi) is 6.24. The highest BCUT2D eigenvalue weighted by Gasteiger charge is 2.23. The number of carbonyl (C=O) groups is 1. The molecule has 0 spiro atoms. The number of rotatable bonds is 5. The molecular formula is C21H27FN4O2. The maximum atomic E-state index is 12.9. The minimum atomic E-state index is -0.272. The van der Waals surface area contributed by atoms with Crippen LogP contribution in [0.15, 0.2) is 36.7 Å². The fourth-order valence-electron chi connectivity index (χ4n) is 3.01. The summed E-state index contributed by atoms with van der Waals surface area (Å²) in [6.45, 7) is 10.3. The molecule has 0 aliphatic carbocycles. The Hall–Kier alpha value is -2.54. The fourth-order valence-corrected chi connectivity index (χ4v) is 3.01. The predicted octanol–water partition coefficient (Wildman–Crippen LogP) is 2.75. The highest BCUT2D eigenvalue weighted by Crippen LogP contribution is 2.18. The summed E-state index contributed by atoms with van der Waals surface area (Å²) in [5.74, 6) is 1.10. The quantitative estimate of drug-likeness (QED) is 0.791. The maximum absolute atomic E-state index is 12.9. The molecule has 1 aromatic heterocycles. The summed E-state index contributed by atoms with van der Waals surface area (Å²) in [6.07, 6.45) is 3.25. The minimum absolute atomic E-state index is 0.0253. The van der Waals surface area contributed by atoms with Crippen LogP contribution in [0.25, 0.3) is 0 Å². The number of ether oxygens (including phenoxy) is 1. The zero-order valence-electron chi connectivity index (χ0n) is 16.7. The predicted molar refractivity (Wildman–Crippen MR) is 105 cm³/mol. The van der Waals surface area contributed by atoms with Gasteiger partial charge in [-0.1, -0.05) is 20.8 Å². The highest BCUT2D eigenvalue weighted by molar-refractivity contribution is 5.93. The van der Waals surface area contributed by atoms with Crippen LogP contribution in [0.2, 0.25) is 0 Å². The van der Waals surface area contributed by atoms with Gasteiger partial charge in [0.15, 0.2) is 0 Å². The zero-order chi connectivity index (χ0) is 20.1. The van der Waals surface area contributed by atoms with E-state index in [1.807, 2.05) is 25.7 Å². The van der Waals surface area contributed by atoms with Crippen molar-refractivity contribution in [2.45, 2.75) is 26.2 Å². The van der Waals surface area contributed by atoms with Gasteiger partial charge in [-0.2, -0.15) is 0 Å². The van der Waals surface area contributed by atoms with Gasteiger partial charge in [0.25, 0.3) is 5.91 Å². The van der Waals surface area contributed by atoms with Gasteiger partial charge in [-0.3, -0.25) is 9.69 Å². The molecule has 0 atom stereocenters. The van der Waals surface area contributed by atoms with Crippen LogP contribution in [-0.4, -0.2) is 65.0 Å². The Morgan fingerprint density at radius 1 is 1.07 bits per heavy atom. The van der Waals surface area contributed by atoms with Crippen LogP contribution in [-0.2, 0) is 5.41 Å². The van der Waals surface area contributed by atoms with Gasteiger partial charge in [0, 0.05) is 50.5 Å². The van der Waals surface area contributed by atoms with Crippen molar-refractivity contribution in [3.05, 3.63) is 53.9 Å². The zero-order valence-corrected chi connectivity index (χ0v) is 16.7. The van der Waals surface area contributed by atoms with Crippen molar-refractivity contribution in [2.24, 2.45) is 0 Å². The number of amides is 1. The van der Waals surface area contributed by atoms with E-state index in [0.29, 0.717) is 31.0 Å².